The minimum Gasteiger partial charge on any atom is -0.491 e. The Hall–Kier alpha value is -2.56. The molecule has 0 amide bonds. The fourth-order valence-corrected chi connectivity index (χ4v) is 1.62. The SMILES string of the molecule is Nc1cc(C(=O)O)ccc1OCCc1ccccn1. The average Bonchev–Trinajstić information content (AvgIpc) is 2.41. The maximum Gasteiger partial charge on any atom is 0.335 e. The summed E-state index contributed by atoms with van der Waals surface area (Å²) in [4.78, 5) is 14.9. The van der Waals surface area contributed by atoms with E-state index in [1.165, 1.54) is 12.1 Å². The number of aromatic carboxylic acids is 1. The summed E-state index contributed by atoms with van der Waals surface area (Å²) < 4.78 is 5.52. The normalized spacial score (nSPS) is 10.1. The molecular weight excluding hydrogens is 244 g/mol. The van der Waals surface area contributed by atoms with E-state index >= 15 is 0 Å². The Kier molecular flexibility index (Phi) is 3.97. The molecule has 0 bridgehead atoms. The van der Waals surface area contributed by atoms with Crippen LogP contribution < -0.4 is 10.5 Å². The van der Waals surface area contributed by atoms with Gasteiger partial charge < -0.3 is 15.6 Å². The van der Waals surface area contributed by atoms with Crippen molar-refractivity contribution in [2.24, 2.45) is 0 Å². The van der Waals surface area contributed by atoms with E-state index in [4.69, 9.17) is 15.6 Å². The van der Waals surface area contributed by atoms with Crippen LogP contribution in [-0.4, -0.2) is 22.7 Å². The Balaban J connectivity index is 1.95. The zero-order valence-electron chi connectivity index (χ0n) is 10.2. The average molecular weight is 258 g/mol. The van der Waals surface area contributed by atoms with E-state index < -0.39 is 5.97 Å². The van der Waals surface area contributed by atoms with Gasteiger partial charge >= 0.3 is 5.97 Å². The zero-order chi connectivity index (χ0) is 13.7. The van der Waals surface area contributed by atoms with Crippen molar-refractivity contribution in [2.75, 3.05) is 12.3 Å². The first-order valence-electron chi connectivity index (χ1n) is 5.82. The summed E-state index contributed by atoms with van der Waals surface area (Å²) in [5, 5.41) is 8.82. The molecule has 0 saturated heterocycles. The van der Waals surface area contributed by atoms with Gasteiger partial charge in [0, 0.05) is 18.3 Å². The van der Waals surface area contributed by atoms with Gasteiger partial charge in [0.25, 0.3) is 0 Å². The number of hydrogen-bond donors (Lipinski definition) is 2. The van der Waals surface area contributed by atoms with Crippen LogP contribution >= 0.6 is 0 Å². The summed E-state index contributed by atoms with van der Waals surface area (Å²) in [6.07, 6.45) is 2.40. The van der Waals surface area contributed by atoms with Crippen molar-refractivity contribution >= 4 is 11.7 Å². The third-order valence-electron chi connectivity index (χ3n) is 2.60. The molecule has 0 fully saturated rings. The van der Waals surface area contributed by atoms with Crippen molar-refractivity contribution in [1.29, 1.82) is 0 Å². The highest BCUT2D eigenvalue weighted by molar-refractivity contribution is 5.89. The molecule has 5 heteroatoms. The maximum atomic E-state index is 10.8. The summed E-state index contributed by atoms with van der Waals surface area (Å²) in [6.45, 7) is 0.438. The van der Waals surface area contributed by atoms with Gasteiger partial charge in [0.1, 0.15) is 5.75 Å². The lowest BCUT2D eigenvalue weighted by molar-refractivity contribution is 0.0697. The third-order valence-corrected chi connectivity index (χ3v) is 2.60. The van der Waals surface area contributed by atoms with E-state index in [2.05, 4.69) is 4.98 Å². The van der Waals surface area contributed by atoms with Crippen LogP contribution in [-0.2, 0) is 6.42 Å². The summed E-state index contributed by atoms with van der Waals surface area (Å²) in [7, 11) is 0. The predicted molar refractivity (Wildman–Crippen MR) is 71.2 cm³/mol. The number of nitrogens with two attached hydrogens (primary N) is 1. The van der Waals surface area contributed by atoms with Gasteiger partial charge in [-0.15, -0.1) is 0 Å². The van der Waals surface area contributed by atoms with Gasteiger partial charge in [-0.2, -0.15) is 0 Å². The van der Waals surface area contributed by atoms with E-state index in [0.29, 0.717) is 24.5 Å². The lowest BCUT2D eigenvalue weighted by Crippen LogP contribution is -2.05. The Morgan fingerprint density at radius 1 is 1.32 bits per heavy atom. The first-order chi connectivity index (χ1) is 9.16. The maximum absolute atomic E-state index is 10.8. The molecule has 2 aromatic rings. The summed E-state index contributed by atoms with van der Waals surface area (Å²) in [6, 6.07) is 10.1. The van der Waals surface area contributed by atoms with Crippen molar-refractivity contribution in [2.45, 2.75) is 6.42 Å². The number of nitrogen functional groups attached to an aromatic ring is 1. The van der Waals surface area contributed by atoms with Crippen LogP contribution in [0.25, 0.3) is 0 Å². The number of carbonyl (C=O) groups is 1. The first kappa shape index (κ1) is 12.9. The molecule has 3 N–H and O–H groups in total. The van der Waals surface area contributed by atoms with Crippen molar-refractivity contribution < 1.29 is 14.6 Å². The number of nitrogens with zero attached hydrogens (tertiary/aromatic N) is 1. The van der Waals surface area contributed by atoms with Crippen molar-refractivity contribution in [3.05, 3.63) is 53.9 Å². The molecule has 5 nitrogen and oxygen atoms in total. The highest BCUT2D eigenvalue weighted by atomic mass is 16.5. The smallest absolute Gasteiger partial charge is 0.335 e. The van der Waals surface area contributed by atoms with Crippen molar-refractivity contribution in [3.63, 3.8) is 0 Å². The van der Waals surface area contributed by atoms with Crippen LogP contribution in [0.3, 0.4) is 0 Å². The second kappa shape index (κ2) is 5.86. The molecule has 1 aromatic carbocycles. The number of aromatic nitrogens is 1. The van der Waals surface area contributed by atoms with Crippen LogP contribution in [0.2, 0.25) is 0 Å². The molecule has 19 heavy (non-hydrogen) atoms. The largest absolute Gasteiger partial charge is 0.491 e. The predicted octanol–water partition coefficient (Wildman–Crippen LogP) is 1.98. The zero-order valence-corrected chi connectivity index (χ0v) is 10.2. The Morgan fingerprint density at radius 3 is 2.79 bits per heavy atom. The number of pyridine rings is 1. The number of benzene rings is 1. The number of carboxylic acids is 1. The van der Waals surface area contributed by atoms with E-state index in [0.717, 1.165) is 5.69 Å². The second-order valence-corrected chi connectivity index (χ2v) is 3.98. The monoisotopic (exact) mass is 258 g/mol. The first-order valence-corrected chi connectivity index (χ1v) is 5.82. The summed E-state index contributed by atoms with van der Waals surface area (Å²) >= 11 is 0. The Bertz CT molecular complexity index is 570. The highest BCUT2D eigenvalue weighted by Crippen LogP contribution is 2.22. The lowest BCUT2D eigenvalue weighted by atomic mass is 10.2. The molecule has 0 aliphatic carbocycles. The van der Waals surface area contributed by atoms with Crippen LogP contribution in [0.5, 0.6) is 5.75 Å². The quantitative estimate of drug-likeness (QED) is 0.801. The standard InChI is InChI=1S/C14H14N2O3/c15-12-9-10(14(17)18)4-5-13(12)19-8-6-11-3-1-2-7-16-11/h1-5,7,9H,6,8,15H2,(H,17,18). The minimum absolute atomic E-state index is 0.148. The number of hydrogen-bond acceptors (Lipinski definition) is 4. The third kappa shape index (κ3) is 3.45. The van der Waals surface area contributed by atoms with Gasteiger partial charge in [0.15, 0.2) is 0 Å². The number of ether oxygens (including phenoxy) is 1. The molecule has 0 atom stereocenters. The number of anilines is 1. The molecule has 0 saturated carbocycles. The molecule has 0 aliphatic heterocycles. The highest BCUT2D eigenvalue weighted by Gasteiger charge is 2.07. The Morgan fingerprint density at radius 2 is 2.16 bits per heavy atom. The van der Waals surface area contributed by atoms with Crippen LogP contribution in [0.4, 0.5) is 5.69 Å². The van der Waals surface area contributed by atoms with Gasteiger partial charge in [-0.25, -0.2) is 4.79 Å². The molecule has 0 spiro atoms. The van der Waals surface area contributed by atoms with Gasteiger partial charge in [0.2, 0.25) is 0 Å². The van der Waals surface area contributed by atoms with Crippen LogP contribution in [0, 0.1) is 0 Å². The van der Waals surface area contributed by atoms with Gasteiger partial charge in [-0.05, 0) is 30.3 Å². The Labute approximate surface area is 110 Å². The second-order valence-electron chi connectivity index (χ2n) is 3.98. The summed E-state index contributed by atoms with van der Waals surface area (Å²) in [5.74, 6) is -0.521. The minimum atomic E-state index is -1.01. The van der Waals surface area contributed by atoms with Gasteiger partial charge in [-0.1, -0.05) is 6.07 Å². The molecular formula is C14H14N2O3. The lowest BCUT2D eigenvalue weighted by Gasteiger charge is -2.09. The van der Waals surface area contributed by atoms with Gasteiger partial charge in [-0.3, -0.25) is 4.98 Å². The topological polar surface area (TPSA) is 85.4 Å². The van der Waals surface area contributed by atoms with Crippen molar-refractivity contribution in [1.82, 2.24) is 4.98 Å². The number of carboxylic acid groups (broad SMARTS) is 1. The molecule has 2 rings (SSSR count). The summed E-state index contributed by atoms with van der Waals surface area (Å²) in [5.41, 5.74) is 7.14. The fraction of sp³-hybridized carbons (Fsp3) is 0.143. The van der Waals surface area contributed by atoms with Crippen LogP contribution in [0.1, 0.15) is 16.1 Å². The van der Waals surface area contributed by atoms with Gasteiger partial charge in [0.05, 0.1) is 17.9 Å². The van der Waals surface area contributed by atoms with Crippen LogP contribution in [0.15, 0.2) is 42.6 Å². The van der Waals surface area contributed by atoms with E-state index in [1.54, 1.807) is 12.3 Å². The molecule has 1 aromatic heterocycles. The molecule has 0 aliphatic rings. The van der Waals surface area contributed by atoms with E-state index in [1.807, 2.05) is 18.2 Å². The number of rotatable bonds is 5. The molecule has 0 unspecified atom stereocenters. The van der Waals surface area contributed by atoms with E-state index in [-0.39, 0.29) is 5.56 Å². The van der Waals surface area contributed by atoms with E-state index in [9.17, 15) is 4.79 Å². The van der Waals surface area contributed by atoms with Crippen molar-refractivity contribution in [3.8, 4) is 5.75 Å². The fourth-order valence-electron chi connectivity index (χ4n) is 1.62. The molecule has 0 radical (unpaired) electrons. The molecule has 98 valence electrons. The molecule has 1 heterocycles.